The van der Waals surface area contributed by atoms with Crippen LogP contribution in [0.2, 0.25) is 0 Å². The Hall–Kier alpha value is -2.66. The number of benzene rings is 2. The number of para-hydroxylation sites is 2. The number of carbonyl (C=O) groups excluding carboxylic acids is 1. The zero-order chi connectivity index (χ0) is 17.1. The fourth-order valence-corrected chi connectivity index (χ4v) is 2.83. The second kappa shape index (κ2) is 6.84. The van der Waals surface area contributed by atoms with Gasteiger partial charge in [-0.2, -0.15) is 0 Å². The van der Waals surface area contributed by atoms with E-state index in [2.05, 4.69) is 15.2 Å². The van der Waals surface area contributed by atoms with Crippen molar-refractivity contribution in [3.8, 4) is 0 Å². The van der Waals surface area contributed by atoms with Crippen LogP contribution in [0.3, 0.4) is 0 Å². The first-order valence-electron chi connectivity index (χ1n) is 8.04. The Bertz CT molecular complexity index is 944. The van der Waals surface area contributed by atoms with Gasteiger partial charge in [-0.15, -0.1) is 0 Å². The fraction of sp³-hybridized carbons (Fsp3) is 0.263. The number of amides is 1. The topological polar surface area (TPSA) is 65.2 Å². The van der Waals surface area contributed by atoms with E-state index in [9.17, 15) is 9.59 Å². The van der Waals surface area contributed by atoms with E-state index in [1.54, 1.807) is 24.3 Å². The summed E-state index contributed by atoms with van der Waals surface area (Å²) in [5, 5.41) is 4.10. The molecule has 2 aromatic carbocycles. The Morgan fingerprint density at radius 2 is 1.83 bits per heavy atom. The minimum Gasteiger partial charge on any atom is -0.354 e. The Labute approximate surface area is 140 Å². The van der Waals surface area contributed by atoms with Gasteiger partial charge < -0.3 is 15.2 Å². The van der Waals surface area contributed by atoms with Crippen LogP contribution in [0.25, 0.3) is 21.8 Å². The van der Waals surface area contributed by atoms with Crippen LogP contribution in [0.4, 0.5) is 0 Å². The molecule has 124 valence electrons. The molecule has 0 saturated heterocycles. The Morgan fingerprint density at radius 1 is 1.08 bits per heavy atom. The van der Waals surface area contributed by atoms with Crippen LogP contribution in [-0.4, -0.2) is 43.0 Å². The Kier molecular flexibility index (Phi) is 4.62. The lowest BCUT2D eigenvalue weighted by atomic mass is 10.1. The predicted molar refractivity (Wildman–Crippen MR) is 97.6 cm³/mol. The van der Waals surface area contributed by atoms with Crippen LogP contribution < -0.4 is 10.7 Å². The molecule has 5 heteroatoms. The van der Waals surface area contributed by atoms with E-state index < -0.39 is 0 Å². The molecule has 1 amide bonds. The van der Waals surface area contributed by atoms with Crippen molar-refractivity contribution in [1.29, 1.82) is 0 Å². The molecular formula is C19H21N3O2. The summed E-state index contributed by atoms with van der Waals surface area (Å²) in [6.45, 7) is 1.52. The molecule has 0 aliphatic rings. The number of rotatable bonds is 5. The number of nitrogens with zero attached hydrogens (tertiary/aromatic N) is 1. The number of nitrogens with one attached hydrogen (secondary N) is 2. The first-order chi connectivity index (χ1) is 11.6. The summed E-state index contributed by atoms with van der Waals surface area (Å²) in [7, 11) is 4.00. The van der Waals surface area contributed by atoms with E-state index in [-0.39, 0.29) is 11.3 Å². The van der Waals surface area contributed by atoms with E-state index >= 15 is 0 Å². The number of carbonyl (C=O) groups is 1. The second-order valence-electron chi connectivity index (χ2n) is 6.14. The molecule has 0 radical (unpaired) electrons. The molecule has 0 saturated carbocycles. The van der Waals surface area contributed by atoms with Gasteiger partial charge in [0.2, 0.25) is 0 Å². The quantitative estimate of drug-likeness (QED) is 0.559. The Balaban J connectivity index is 1.96. The highest BCUT2D eigenvalue weighted by Crippen LogP contribution is 2.18. The molecule has 0 unspecified atom stereocenters. The zero-order valence-corrected chi connectivity index (χ0v) is 13.9. The number of fused-ring (bicyclic) bond motifs is 2. The van der Waals surface area contributed by atoms with Gasteiger partial charge in [0.1, 0.15) is 0 Å². The lowest BCUT2D eigenvalue weighted by Crippen LogP contribution is -2.27. The van der Waals surface area contributed by atoms with Gasteiger partial charge >= 0.3 is 0 Å². The number of hydrogen-bond acceptors (Lipinski definition) is 3. The van der Waals surface area contributed by atoms with E-state index in [0.717, 1.165) is 18.5 Å². The van der Waals surface area contributed by atoms with Gasteiger partial charge in [0.25, 0.3) is 5.91 Å². The average Bonchev–Trinajstić information content (AvgIpc) is 2.58. The van der Waals surface area contributed by atoms with Crippen molar-refractivity contribution in [1.82, 2.24) is 15.2 Å². The maximum absolute atomic E-state index is 12.6. The molecule has 1 heterocycles. The number of H-pyrrole nitrogens is 1. The lowest BCUT2D eigenvalue weighted by molar-refractivity contribution is 0.0954. The zero-order valence-electron chi connectivity index (χ0n) is 13.9. The summed E-state index contributed by atoms with van der Waals surface area (Å²) in [6.07, 6.45) is 0.878. The molecule has 0 aliphatic carbocycles. The van der Waals surface area contributed by atoms with Gasteiger partial charge in [-0.3, -0.25) is 9.59 Å². The van der Waals surface area contributed by atoms with Crippen molar-refractivity contribution in [3.05, 3.63) is 58.3 Å². The summed E-state index contributed by atoms with van der Waals surface area (Å²) in [5.74, 6) is -0.162. The summed E-state index contributed by atoms with van der Waals surface area (Å²) < 4.78 is 0. The highest BCUT2D eigenvalue weighted by atomic mass is 16.1. The maximum atomic E-state index is 12.6. The molecule has 0 spiro atoms. The van der Waals surface area contributed by atoms with Crippen LogP contribution in [0.15, 0.2) is 47.3 Å². The maximum Gasteiger partial charge on any atom is 0.253 e. The number of aromatic nitrogens is 1. The molecule has 0 bridgehead atoms. The van der Waals surface area contributed by atoms with Gasteiger partial charge in [-0.05, 0) is 51.3 Å². The monoisotopic (exact) mass is 323 g/mol. The smallest absolute Gasteiger partial charge is 0.253 e. The summed E-state index contributed by atoms with van der Waals surface area (Å²) in [6, 6.07) is 12.6. The van der Waals surface area contributed by atoms with E-state index in [0.29, 0.717) is 28.4 Å². The molecule has 2 N–H and O–H groups in total. The van der Waals surface area contributed by atoms with Crippen LogP contribution in [0, 0.1) is 0 Å². The van der Waals surface area contributed by atoms with Crippen LogP contribution in [0.5, 0.6) is 0 Å². The fourth-order valence-electron chi connectivity index (χ4n) is 2.83. The molecular weight excluding hydrogens is 302 g/mol. The van der Waals surface area contributed by atoms with Crippen molar-refractivity contribution >= 4 is 27.7 Å². The predicted octanol–water partition coefficient (Wildman–Crippen LogP) is 2.36. The summed E-state index contributed by atoms with van der Waals surface area (Å²) in [5.41, 5.74) is 1.77. The molecule has 0 atom stereocenters. The standard InChI is InChI=1S/C19H21N3O2/c1-22(2)12-6-11-20-19(24)15-9-5-8-14-17(15)21-16-10-4-3-7-13(16)18(14)23/h3-5,7-10H,6,11-12H2,1-2H3,(H,20,24)(H,21,23). The van der Waals surface area contributed by atoms with Crippen molar-refractivity contribution < 1.29 is 4.79 Å². The molecule has 3 rings (SSSR count). The molecule has 0 aliphatic heterocycles. The summed E-state index contributed by atoms with van der Waals surface area (Å²) >= 11 is 0. The first-order valence-corrected chi connectivity index (χ1v) is 8.04. The van der Waals surface area contributed by atoms with Crippen LogP contribution in [0.1, 0.15) is 16.8 Å². The molecule has 3 aromatic rings. The third-order valence-corrected chi connectivity index (χ3v) is 4.05. The number of hydrogen-bond donors (Lipinski definition) is 2. The van der Waals surface area contributed by atoms with Crippen molar-refractivity contribution in [3.63, 3.8) is 0 Å². The second-order valence-corrected chi connectivity index (χ2v) is 6.14. The van der Waals surface area contributed by atoms with Gasteiger partial charge in [0.15, 0.2) is 5.43 Å². The Morgan fingerprint density at radius 3 is 2.62 bits per heavy atom. The lowest BCUT2D eigenvalue weighted by Gasteiger charge is -2.11. The number of aromatic amines is 1. The minimum absolute atomic E-state index is 0.0541. The van der Waals surface area contributed by atoms with Crippen molar-refractivity contribution in [2.45, 2.75) is 6.42 Å². The normalized spacial score (nSPS) is 11.3. The van der Waals surface area contributed by atoms with Gasteiger partial charge in [-0.1, -0.05) is 18.2 Å². The highest BCUT2D eigenvalue weighted by molar-refractivity contribution is 6.07. The van der Waals surface area contributed by atoms with E-state index in [1.807, 2.05) is 32.3 Å². The molecule has 1 aromatic heterocycles. The number of pyridine rings is 1. The summed E-state index contributed by atoms with van der Waals surface area (Å²) in [4.78, 5) is 30.5. The van der Waals surface area contributed by atoms with Crippen LogP contribution >= 0.6 is 0 Å². The molecule has 5 nitrogen and oxygen atoms in total. The van der Waals surface area contributed by atoms with E-state index in [4.69, 9.17) is 0 Å². The average molecular weight is 323 g/mol. The minimum atomic E-state index is -0.162. The third kappa shape index (κ3) is 3.16. The van der Waals surface area contributed by atoms with Crippen LogP contribution in [-0.2, 0) is 0 Å². The van der Waals surface area contributed by atoms with Gasteiger partial charge in [-0.25, -0.2) is 0 Å². The first kappa shape index (κ1) is 16.2. The molecule has 0 fully saturated rings. The molecule has 24 heavy (non-hydrogen) atoms. The SMILES string of the molecule is CN(C)CCCNC(=O)c1cccc2c(=O)c3ccccc3[nH]c12. The van der Waals surface area contributed by atoms with Crippen molar-refractivity contribution in [2.75, 3.05) is 27.2 Å². The van der Waals surface area contributed by atoms with Gasteiger partial charge in [0.05, 0.1) is 11.1 Å². The third-order valence-electron chi connectivity index (χ3n) is 4.05. The largest absolute Gasteiger partial charge is 0.354 e. The van der Waals surface area contributed by atoms with Crippen molar-refractivity contribution in [2.24, 2.45) is 0 Å². The van der Waals surface area contributed by atoms with E-state index in [1.165, 1.54) is 0 Å². The highest BCUT2D eigenvalue weighted by Gasteiger charge is 2.13. The van der Waals surface area contributed by atoms with Gasteiger partial charge in [0, 0.05) is 22.8 Å².